The van der Waals surface area contributed by atoms with Crippen LogP contribution in [0.1, 0.15) is 11.1 Å². The molecule has 1 fully saturated rings. The number of hydrogen-bond acceptors (Lipinski definition) is 3. The molecule has 1 saturated heterocycles. The molecule has 0 aliphatic carbocycles. The van der Waals surface area contributed by atoms with E-state index in [1.807, 2.05) is 13.0 Å². The average Bonchev–Trinajstić information content (AvgIpc) is 2.26. The van der Waals surface area contributed by atoms with E-state index in [1.54, 1.807) is 6.07 Å². The summed E-state index contributed by atoms with van der Waals surface area (Å²) >= 11 is 0. The number of morpholine rings is 1. The molecule has 1 aliphatic heterocycles. The predicted molar refractivity (Wildman–Crippen MR) is 60.6 cm³/mol. The molecule has 2 rings (SSSR count). The number of hydrogen-bond donors (Lipinski definition) is 1. The Labute approximate surface area is 90.3 Å². The molecule has 0 atom stereocenters. The van der Waals surface area contributed by atoms with Gasteiger partial charge in [0.15, 0.2) is 0 Å². The molecule has 15 heavy (non-hydrogen) atoms. The Kier molecular flexibility index (Phi) is 2.82. The number of anilines is 1. The third-order valence-corrected chi connectivity index (χ3v) is 2.93. The number of phenolic OH excluding ortho intramolecular Hbond substituents is 1. The summed E-state index contributed by atoms with van der Waals surface area (Å²) in [6.45, 7) is 7.41. The first-order valence-electron chi connectivity index (χ1n) is 5.32. The molecule has 3 nitrogen and oxygen atoms in total. The number of ether oxygens (including phenoxy) is 1. The monoisotopic (exact) mass is 207 g/mol. The van der Waals surface area contributed by atoms with Crippen molar-refractivity contribution in [2.75, 3.05) is 31.2 Å². The average molecular weight is 207 g/mol. The molecule has 0 amide bonds. The van der Waals surface area contributed by atoms with Gasteiger partial charge in [0, 0.05) is 24.3 Å². The van der Waals surface area contributed by atoms with Gasteiger partial charge in [0.25, 0.3) is 0 Å². The molecule has 0 saturated carbocycles. The highest BCUT2D eigenvalue weighted by Crippen LogP contribution is 2.31. The van der Waals surface area contributed by atoms with Crippen molar-refractivity contribution in [3.05, 3.63) is 23.3 Å². The summed E-state index contributed by atoms with van der Waals surface area (Å²) < 4.78 is 5.33. The highest BCUT2D eigenvalue weighted by atomic mass is 16.5. The minimum atomic E-state index is 0.377. The largest absolute Gasteiger partial charge is 0.508 e. The first-order chi connectivity index (χ1) is 7.20. The Morgan fingerprint density at radius 1 is 1.20 bits per heavy atom. The zero-order chi connectivity index (χ0) is 10.8. The summed E-state index contributed by atoms with van der Waals surface area (Å²) in [5.74, 6) is 0.377. The molecular formula is C12H17NO2. The third kappa shape index (κ3) is 1.92. The van der Waals surface area contributed by atoms with Gasteiger partial charge in [-0.05, 0) is 25.5 Å². The van der Waals surface area contributed by atoms with Gasteiger partial charge in [0.05, 0.1) is 13.2 Å². The minimum absolute atomic E-state index is 0.377. The van der Waals surface area contributed by atoms with E-state index in [0.29, 0.717) is 5.75 Å². The van der Waals surface area contributed by atoms with Gasteiger partial charge in [-0.15, -0.1) is 0 Å². The summed E-state index contributed by atoms with van der Waals surface area (Å²) in [5, 5.41) is 9.70. The molecule has 0 spiro atoms. The Morgan fingerprint density at radius 3 is 2.53 bits per heavy atom. The van der Waals surface area contributed by atoms with Crippen molar-refractivity contribution in [1.82, 2.24) is 0 Å². The molecule has 0 radical (unpaired) electrons. The standard InChI is InChI=1S/C12H17NO2/c1-9-3-4-11(14)10(2)12(9)13-5-7-15-8-6-13/h3-4,14H,5-8H2,1-2H3. The van der Waals surface area contributed by atoms with Gasteiger partial charge in [0.1, 0.15) is 5.75 Å². The summed E-state index contributed by atoms with van der Waals surface area (Å²) in [6, 6.07) is 3.72. The van der Waals surface area contributed by atoms with Crippen LogP contribution in [0, 0.1) is 13.8 Å². The van der Waals surface area contributed by atoms with Crippen LogP contribution in [0.25, 0.3) is 0 Å². The van der Waals surface area contributed by atoms with Crippen molar-refractivity contribution in [2.45, 2.75) is 13.8 Å². The van der Waals surface area contributed by atoms with Crippen LogP contribution >= 0.6 is 0 Å². The van der Waals surface area contributed by atoms with Crippen LogP contribution in [0.2, 0.25) is 0 Å². The number of benzene rings is 1. The number of aryl methyl sites for hydroxylation is 1. The van der Waals surface area contributed by atoms with Gasteiger partial charge in [-0.2, -0.15) is 0 Å². The molecule has 1 heterocycles. The number of phenols is 1. The Morgan fingerprint density at radius 2 is 1.87 bits per heavy atom. The summed E-state index contributed by atoms with van der Waals surface area (Å²) in [6.07, 6.45) is 0. The van der Waals surface area contributed by atoms with Gasteiger partial charge in [-0.3, -0.25) is 0 Å². The van der Waals surface area contributed by atoms with Crippen LogP contribution in [0.3, 0.4) is 0 Å². The van der Waals surface area contributed by atoms with Crippen molar-refractivity contribution in [3.63, 3.8) is 0 Å². The molecule has 3 heteroatoms. The van der Waals surface area contributed by atoms with E-state index >= 15 is 0 Å². The van der Waals surface area contributed by atoms with Crippen LogP contribution in [-0.2, 0) is 4.74 Å². The first kappa shape index (κ1) is 10.3. The summed E-state index contributed by atoms with van der Waals surface area (Å²) in [5.41, 5.74) is 3.35. The van der Waals surface area contributed by atoms with Gasteiger partial charge in [-0.1, -0.05) is 6.07 Å². The Hall–Kier alpha value is -1.22. The van der Waals surface area contributed by atoms with E-state index in [4.69, 9.17) is 4.74 Å². The fourth-order valence-electron chi connectivity index (χ4n) is 2.10. The number of rotatable bonds is 1. The summed E-state index contributed by atoms with van der Waals surface area (Å²) in [4.78, 5) is 2.29. The second-order valence-electron chi connectivity index (χ2n) is 3.97. The van der Waals surface area contributed by atoms with Gasteiger partial charge in [0.2, 0.25) is 0 Å². The molecule has 0 bridgehead atoms. The smallest absolute Gasteiger partial charge is 0.120 e. The topological polar surface area (TPSA) is 32.7 Å². The fourth-order valence-corrected chi connectivity index (χ4v) is 2.10. The normalized spacial score (nSPS) is 16.8. The zero-order valence-corrected chi connectivity index (χ0v) is 9.29. The lowest BCUT2D eigenvalue weighted by Gasteiger charge is -2.31. The lowest BCUT2D eigenvalue weighted by molar-refractivity contribution is 0.122. The van der Waals surface area contributed by atoms with Crippen molar-refractivity contribution >= 4 is 5.69 Å². The Balaban J connectivity index is 2.36. The van der Waals surface area contributed by atoms with Crippen LogP contribution in [0.15, 0.2) is 12.1 Å². The van der Waals surface area contributed by atoms with E-state index < -0.39 is 0 Å². The zero-order valence-electron chi connectivity index (χ0n) is 9.29. The van der Waals surface area contributed by atoms with Crippen LogP contribution in [-0.4, -0.2) is 31.4 Å². The highest BCUT2D eigenvalue weighted by molar-refractivity contribution is 5.63. The highest BCUT2D eigenvalue weighted by Gasteiger charge is 2.16. The molecule has 82 valence electrons. The molecule has 1 aromatic rings. The second-order valence-corrected chi connectivity index (χ2v) is 3.97. The van der Waals surface area contributed by atoms with E-state index in [-0.39, 0.29) is 0 Å². The van der Waals surface area contributed by atoms with Crippen LogP contribution < -0.4 is 4.90 Å². The maximum atomic E-state index is 9.70. The molecule has 1 aliphatic rings. The quantitative estimate of drug-likeness (QED) is 0.762. The lowest BCUT2D eigenvalue weighted by Crippen LogP contribution is -2.37. The van der Waals surface area contributed by atoms with E-state index in [2.05, 4.69) is 11.8 Å². The van der Waals surface area contributed by atoms with E-state index in [0.717, 1.165) is 31.9 Å². The molecule has 0 aromatic heterocycles. The maximum Gasteiger partial charge on any atom is 0.120 e. The Bertz CT molecular complexity index is 357. The first-order valence-corrected chi connectivity index (χ1v) is 5.32. The van der Waals surface area contributed by atoms with Gasteiger partial charge >= 0.3 is 0 Å². The van der Waals surface area contributed by atoms with Crippen LogP contribution in [0.4, 0.5) is 5.69 Å². The molecule has 1 aromatic carbocycles. The van der Waals surface area contributed by atoms with Gasteiger partial charge in [-0.25, -0.2) is 0 Å². The predicted octanol–water partition coefficient (Wildman–Crippen LogP) is 1.85. The molecule has 0 unspecified atom stereocenters. The number of nitrogens with zero attached hydrogens (tertiary/aromatic N) is 1. The third-order valence-electron chi connectivity index (χ3n) is 2.93. The molecular weight excluding hydrogens is 190 g/mol. The van der Waals surface area contributed by atoms with Crippen molar-refractivity contribution in [2.24, 2.45) is 0 Å². The van der Waals surface area contributed by atoms with E-state index in [1.165, 1.54) is 11.3 Å². The van der Waals surface area contributed by atoms with Crippen molar-refractivity contribution in [3.8, 4) is 5.75 Å². The van der Waals surface area contributed by atoms with Crippen molar-refractivity contribution in [1.29, 1.82) is 0 Å². The second kappa shape index (κ2) is 4.11. The van der Waals surface area contributed by atoms with Crippen LogP contribution in [0.5, 0.6) is 5.75 Å². The van der Waals surface area contributed by atoms with Crippen molar-refractivity contribution < 1.29 is 9.84 Å². The fraction of sp³-hybridized carbons (Fsp3) is 0.500. The summed E-state index contributed by atoms with van der Waals surface area (Å²) in [7, 11) is 0. The maximum absolute atomic E-state index is 9.70. The lowest BCUT2D eigenvalue weighted by atomic mass is 10.1. The van der Waals surface area contributed by atoms with Gasteiger partial charge < -0.3 is 14.7 Å². The van der Waals surface area contributed by atoms with E-state index in [9.17, 15) is 5.11 Å². The molecule has 1 N–H and O–H groups in total. The SMILES string of the molecule is Cc1ccc(O)c(C)c1N1CCOCC1. The number of aromatic hydroxyl groups is 1. The minimum Gasteiger partial charge on any atom is -0.508 e.